The summed E-state index contributed by atoms with van der Waals surface area (Å²) >= 11 is 0. The predicted molar refractivity (Wildman–Crippen MR) is 166 cm³/mol. The quantitative estimate of drug-likeness (QED) is 0.165. The number of nitrogens with zero attached hydrogens (tertiary/aromatic N) is 3. The Morgan fingerprint density at radius 1 is 0.821 bits per heavy atom. The van der Waals surface area contributed by atoms with Crippen LogP contribution in [0.2, 0.25) is 0 Å². The van der Waals surface area contributed by atoms with Crippen LogP contribution in [0.1, 0.15) is 65.0 Å². The normalized spacial score (nSPS) is 13.5. The topological polar surface area (TPSA) is 37.7 Å². The highest BCUT2D eigenvalue weighted by Gasteiger charge is 2.26. The fourth-order valence-electron chi connectivity index (χ4n) is 5.30. The van der Waals surface area contributed by atoms with Crippen molar-refractivity contribution in [2.24, 2.45) is 4.99 Å². The van der Waals surface area contributed by atoms with Gasteiger partial charge in [-0.2, -0.15) is 0 Å². The molecule has 1 aromatic heterocycles. The number of hydrogen-bond donors (Lipinski definition) is 0. The van der Waals surface area contributed by atoms with Crippen LogP contribution in [-0.2, 0) is 5.54 Å². The SMILES string of the molecule is CCCN(CCC)CCOc1c(-c2ccccc2)nc2ccccc2c1C(C)=NC(C)(CC)c1ccccc1. The maximum atomic E-state index is 6.74. The van der Waals surface area contributed by atoms with Gasteiger partial charge in [-0.1, -0.05) is 99.6 Å². The third kappa shape index (κ3) is 6.75. The molecule has 0 fully saturated rings. The Morgan fingerprint density at radius 3 is 2.08 bits per heavy atom. The Kier molecular flexibility index (Phi) is 9.89. The molecular weight excluding hydrogens is 478 g/mol. The average Bonchev–Trinajstić information content (AvgIpc) is 2.97. The summed E-state index contributed by atoms with van der Waals surface area (Å²) in [7, 11) is 0. The van der Waals surface area contributed by atoms with E-state index in [0.717, 1.165) is 78.1 Å². The summed E-state index contributed by atoms with van der Waals surface area (Å²) < 4.78 is 6.74. The van der Waals surface area contributed by atoms with E-state index in [2.05, 4.69) is 112 Å². The van der Waals surface area contributed by atoms with Crippen molar-refractivity contribution in [2.75, 3.05) is 26.2 Å². The van der Waals surface area contributed by atoms with Crippen LogP contribution in [0.25, 0.3) is 22.2 Å². The Labute approximate surface area is 234 Å². The second-order valence-electron chi connectivity index (χ2n) is 10.4. The fraction of sp³-hybridized carbons (Fsp3) is 0.371. The number of ether oxygens (including phenoxy) is 1. The van der Waals surface area contributed by atoms with E-state index in [1.54, 1.807) is 0 Å². The van der Waals surface area contributed by atoms with Gasteiger partial charge in [0.25, 0.3) is 0 Å². The van der Waals surface area contributed by atoms with Gasteiger partial charge in [0.1, 0.15) is 12.3 Å². The standard InChI is InChI=1S/C35H43N3O/c1-6-23-38(24-7-2)25-26-39-34-32(27(4)37-35(5,8-3)29-19-13-10-14-20-29)30-21-15-16-22-31(30)36-33(34)28-17-11-9-12-18-28/h9-22H,6-8,23-26H2,1-5H3. The molecule has 0 aliphatic rings. The Morgan fingerprint density at radius 2 is 1.44 bits per heavy atom. The molecule has 0 bridgehead atoms. The molecule has 1 heterocycles. The number of para-hydroxylation sites is 1. The molecular formula is C35H43N3O. The summed E-state index contributed by atoms with van der Waals surface area (Å²) in [6.07, 6.45) is 3.17. The van der Waals surface area contributed by atoms with Gasteiger partial charge < -0.3 is 4.74 Å². The van der Waals surface area contributed by atoms with Crippen LogP contribution < -0.4 is 4.74 Å². The molecule has 0 saturated carbocycles. The molecule has 4 rings (SSSR count). The van der Waals surface area contributed by atoms with Crippen molar-refractivity contribution in [2.45, 2.75) is 59.4 Å². The van der Waals surface area contributed by atoms with Gasteiger partial charge in [-0.15, -0.1) is 0 Å². The van der Waals surface area contributed by atoms with Gasteiger partial charge >= 0.3 is 0 Å². The number of pyridine rings is 1. The van der Waals surface area contributed by atoms with E-state index in [4.69, 9.17) is 14.7 Å². The van der Waals surface area contributed by atoms with Crippen LogP contribution in [-0.4, -0.2) is 41.8 Å². The maximum absolute atomic E-state index is 6.74. The van der Waals surface area contributed by atoms with Crippen molar-refractivity contribution >= 4 is 16.6 Å². The van der Waals surface area contributed by atoms with Gasteiger partial charge in [-0.3, -0.25) is 9.89 Å². The van der Waals surface area contributed by atoms with Gasteiger partial charge in [0, 0.05) is 28.8 Å². The summed E-state index contributed by atoms with van der Waals surface area (Å²) in [5, 5.41) is 1.07. The molecule has 0 radical (unpaired) electrons. The number of aliphatic imine (C=N–C) groups is 1. The zero-order valence-corrected chi connectivity index (χ0v) is 24.3. The molecule has 0 aliphatic carbocycles. The average molecular weight is 522 g/mol. The summed E-state index contributed by atoms with van der Waals surface area (Å²) in [6, 6.07) is 29.3. The molecule has 0 spiro atoms. The van der Waals surface area contributed by atoms with E-state index in [9.17, 15) is 0 Å². The van der Waals surface area contributed by atoms with E-state index in [0.29, 0.717) is 6.61 Å². The van der Waals surface area contributed by atoms with Crippen molar-refractivity contribution < 1.29 is 4.74 Å². The summed E-state index contributed by atoms with van der Waals surface area (Å²) in [5.41, 5.74) is 5.73. The van der Waals surface area contributed by atoms with E-state index in [1.807, 2.05) is 12.1 Å². The van der Waals surface area contributed by atoms with Crippen LogP contribution in [0, 0.1) is 0 Å². The molecule has 204 valence electrons. The minimum Gasteiger partial charge on any atom is -0.489 e. The lowest BCUT2D eigenvalue weighted by atomic mass is 9.89. The van der Waals surface area contributed by atoms with E-state index in [1.165, 1.54) is 5.56 Å². The van der Waals surface area contributed by atoms with Crippen molar-refractivity contribution in [1.29, 1.82) is 0 Å². The van der Waals surface area contributed by atoms with E-state index >= 15 is 0 Å². The summed E-state index contributed by atoms with van der Waals surface area (Å²) in [6.45, 7) is 14.7. The van der Waals surface area contributed by atoms with Crippen LogP contribution in [0.3, 0.4) is 0 Å². The lowest BCUT2D eigenvalue weighted by Crippen LogP contribution is -2.30. The number of aromatic nitrogens is 1. The highest BCUT2D eigenvalue weighted by Crippen LogP contribution is 2.38. The van der Waals surface area contributed by atoms with E-state index < -0.39 is 0 Å². The first-order valence-corrected chi connectivity index (χ1v) is 14.5. The highest BCUT2D eigenvalue weighted by molar-refractivity contribution is 6.13. The van der Waals surface area contributed by atoms with Crippen LogP contribution in [0.5, 0.6) is 5.75 Å². The minimum atomic E-state index is -0.348. The first kappa shape index (κ1) is 28.5. The first-order chi connectivity index (χ1) is 19.0. The third-order valence-corrected chi connectivity index (χ3v) is 7.49. The Bertz CT molecular complexity index is 1360. The van der Waals surface area contributed by atoms with Crippen LogP contribution in [0.4, 0.5) is 0 Å². The second-order valence-corrected chi connectivity index (χ2v) is 10.4. The largest absolute Gasteiger partial charge is 0.489 e. The fourth-order valence-corrected chi connectivity index (χ4v) is 5.30. The Hall–Kier alpha value is -3.50. The molecule has 3 aromatic carbocycles. The highest BCUT2D eigenvalue weighted by atomic mass is 16.5. The van der Waals surface area contributed by atoms with Crippen molar-refractivity contribution in [3.63, 3.8) is 0 Å². The summed E-state index contributed by atoms with van der Waals surface area (Å²) in [5.74, 6) is 0.820. The van der Waals surface area contributed by atoms with Gasteiger partial charge in [0.2, 0.25) is 0 Å². The van der Waals surface area contributed by atoms with E-state index in [-0.39, 0.29) is 5.54 Å². The zero-order valence-electron chi connectivity index (χ0n) is 24.3. The summed E-state index contributed by atoms with van der Waals surface area (Å²) in [4.78, 5) is 13.0. The molecule has 1 atom stereocenters. The van der Waals surface area contributed by atoms with Gasteiger partial charge in [0.05, 0.1) is 11.1 Å². The Balaban J connectivity index is 1.88. The van der Waals surface area contributed by atoms with Crippen molar-refractivity contribution in [3.8, 4) is 17.0 Å². The van der Waals surface area contributed by atoms with Gasteiger partial charge in [-0.25, -0.2) is 4.98 Å². The minimum absolute atomic E-state index is 0.348. The smallest absolute Gasteiger partial charge is 0.155 e. The molecule has 4 aromatic rings. The molecule has 4 heteroatoms. The zero-order chi connectivity index (χ0) is 27.7. The number of hydrogen-bond acceptors (Lipinski definition) is 4. The monoisotopic (exact) mass is 521 g/mol. The maximum Gasteiger partial charge on any atom is 0.155 e. The lowest BCUT2D eigenvalue weighted by molar-refractivity contribution is 0.209. The third-order valence-electron chi connectivity index (χ3n) is 7.49. The van der Waals surface area contributed by atoms with Gasteiger partial charge in [0.15, 0.2) is 5.75 Å². The second kappa shape index (κ2) is 13.5. The molecule has 0 N–H and O–H groups in total. The lowest BCUT2D eigenvalue weighted by Gasteiger charge is -2.27. The molecule has 0 aliphatic heterocycles. The van der Waals surface area contributed by atoms with Gasteiger partial charge in [-0.05, 0) is 57.8 Å². The van der Waals surface area contributed by atoms with Crippen LogP contribution in [0.15, 0.2) is 89.9 Å². The molecule has 4 nitrogen and oxygen atoms in total. The van der Waals surface area contributed by atoms with Crippen LogP contribution >= 0.6 is 0 Å². The predicted octanol–water partition coefficient (Wildman–Crippen LogP) is 8.54. The first-order valence-electron chi connectivity index (χ1n) is 14.5. The molecule has 1 unspecified atom stereocenters. The molecule has 0 saturated heterocycles. The number of rotatable bonds is 13. The van der Waals surface area contributed by atoms with Crippen molar-refractivity contribution in [1.82, 2.24) is 9.88 Å². The molecule has 39 heavy (non-hydrogen) atoms. The van der Waals surface area contributed by atoms with Crippen molar-refractivity contribution in [3.05, 3.63) is 96.1 Å². The number of fused-ring (bicyclic) bond motifs is 1. The number of benzene rings is 3. The molecule has 0 amide bonds.